The second-order valence-electron chi connectivity index (χ2n) is 6.61. The molecule has 3 aromatic heterocycles. The minimum Gasteiger partial charge on any atom is -0.389 e. The number of β-amino-alcohol motifs (C(OH)–C–C–N with tert-alkyl or cyclic N) is 1. The van der Waals surface area contributed by atoms with Crippen molar-refractivity contribution in [2.75, 3.05) is 11.4 Å². The Hall–Kier alpha value is -2.71. The summed E-state index contributed by atoms with van der Waals surface area (Å²) in [7, 11) is 0. The van der Waals surface area contributed by atoms with Gasteiger partial charge in [0.15, 0.2) is 0 Å². The molecule has 4 rings (SSSR count). The van der Waals surface area contributed by atoms with Crippen LogP contribution in [0, 0.1) is 6.92 Å². The van der Waals surface area contributed by atoms with Crippen LogP contribution in [0.5, 0.6) is 0 Å². The van der Waals surface area contributed by atoms with Crippen LogP contribution >= 0.6 is 11.6 Å². The van der Waals surface area contributed by atoms with Crippen LogP contribution in [0.4, 0.5) is 5.69 Å². The van der Waals surface area contributed by atoms with Crippen molar-refractivity contribution in [2.24, 2.45) is 0 Å². The van der Waals surface area contributed by atoms with E-state index in [1.165, 1.54) is 10.7 Å². The fourth-order valence-electron chi connectivity index (χ4n) is 3.10. The summed E-state index contributed by atoms with van der Waals surface area (Å²) < 4.78 is 6.67. The number of halogens is 1. The van der Waals surface area contributed by atoms with Crippen LogP contribution in [-0.4, -0.2) is 43.7 Å². The lowest BCUT2D eigenvalue weighted by Crippen LogP contribution is -2.59. The van der Waals surface area contributed by atoms with Gasteiger partial charge in [-0.3, -0.25) is 4.79 Å². The molecule has 0 unspecified atom stereocenters. The quantitative estimate of drug-likeness (QED) is 0.682. The van der Waals surface area contributed by atoms with Gasteiger partial charge in [0.1, 0.15) is 16.6 Å². The second kappa shape index (κ2) is 6.79. The van der Waals surface area contributed by atoms with Gasteiger partial charge >= 0.3 is 0 Å². The third kappa shape index (κ3) is 3.22. The van der Waals surface area contributed by atoms with Crippen molar-refractivity contribution in [3.05, 3.63) is 57.4 Å². The van der Waals surface area contributed by atoms with Crippen LogP contribution in [-0.2, 0) is 6.54 Å². The van der Waals surface area contributed by atoms with Crippen LogP contribution < -0.4 is 10.5 Å². The van der Waals surface area contributed by atoms with Crippen molar-refractivity contribution in [1.82, 2.24) is 19.9 Å². The molecule has 1 fully saturated rings. The minimum atomic E-state index is -0.373. The van der Waals surface area contributed by atoms with Crippen molar-refractivity contribution >= 4 is 17.3 Å². The van der Waals surface area contributed by atoms with Crippen molar-refractivity contribution < 1.29 is 9.63 Å². The summed E-state index contributed by atoms with van der Waals surface area (Å²) in [5.41, 5.74) is 2.59. The molecule has 2 atom stereocenters. The first-order valence-electron chi connectivity index (χ1n) is 8.53. The van der Waals surface area contributed by atoms with Crippen molar-refractivity contribution in [1.29, 1.82) is 0 Å². The molecule has 1 aliphatic rings. The maximum absolute atomic E-state index is 12.5. The lowest BCUT2D eigenvalue weighted by atomic mass is 10.0. The number of aryl methyl sites for hydroxylation is 1. The average molecular weight is 388 g/mol. The highest BCUT2D eigenvalue weighted by molar-refractivity contribution is 6.29. The zero-order chi connectivity index (χ0) is 19.1. The SMILES string of the molecule is Cc1onc(-c2ccc(Cl)nc2)c1Cn1ncc(N2C[C@H](O)[C@@H]2C)cc1=O. The minimum absolute atomic E-state index is 0.0219. The first kappa shape index (κ1) is 17.7. The summed E-state index contributed by atoms with van der Waals surface area (Å²) >= 11 is 5.84. The summed E-state index contributed by atoms with van der Waals surface area (Å²) in [6.07, 6.45) is 2.87. The molecule has 140 valence electrons. The van der Waals surface area contributed by atoms with E-state index in [9.17, 15) is 9.90 Å². The van der Waals surface area contributed by atoms with E-state index in [0.29, 0.717) is 28.8 Å². The molecule has 0 saturated carbocycles. The summed E-state index contributed by atoms with van der Waals surface area (Å²) in [5.74, 6) is 0.609. The van der Waals surface area contributed by atoms with Crippen LogP contribution in [0.15, 0.2) is 39.9 Å². The monoisotopic (exact) mass is 387 g/mol. The van der Waals surface area contributed by atoms with E-state index in [2.05, 4.69) is 15.2 Å². The molecule has 1 saturated heterocycles. The van der Waals surface area contributed by atoms with E-state index in [-0.39, 0.29) is 24.2 Å². The van der Waals surface area contributed by atoms with E-state index in [1.54, 1.807) is 31.5 Å². The summed E-state index contributed by atoms with van der Waals surface area (Å²) in [4.78, 5) is 18.5. The molecule has 0 aromatic carbocycles. The molecular weight excluding hydrogens is 370 g/mol. The number of aliphatic hydroxyl groups is 1. The normalized spacial score (nSPS) is 19.2. The maximum Gasteiger partial charge on any atom is 0.269 e. The van der Waals surface area contributed by atoms with E-state index >= 15 is 0 Å². The number of pyridine rings is 1. The first-order valence-corrected chi connectivity index (χ1v) is 8.91. The van der Waals surface area contributed by atoms with E-state index in [1.807, 2.05) is 11.8 Å². The van der Waals surface area contributed by atoms with E-state index in [0.717, 1.165) is 11.1 Å². The zero-order valence-electron chi connectivity index (χ0n) is 14.8. The number of hydrogen-bond donors (Lipinski definition) is 1. The predicted molar refractivity (Wildman–Crippen MR) is 99.9 cm³/mol. The van der Waals surface area contributed by atoms with Gasteiger partial charge in [0.05, 0.1) is 30.6 Å². The third-order valence-corrected chi connectivity index (χ3v) is 5.14. The van der Waals surface area contributed by atoms with Crippen LogP contribution in [0.3, 0.4) is 0 Å². The fourth-order valence-corrected chi connectivity index (χ4v) is 3.21. The van der Waals surface area contributed by atoms with Gasteiger partial charge in [0, 0.05) is 29.9 Å². The number of hydrogen-bond acceptors (Lipinski definition) is 7. The number of anilines is 1. The van der Waals surface area contributed by atoms with Crippen molar-refractivity contribution in [2.45, 2.75) is 32.5 Å². The van der Waals surface area contributed by atoms with Crippen molar-refractivity contribution in [3.63, 3.8) is 0 Å². The molecule has 0 spiro atoms. The molecule has 27 heavy (non-hydrogen) atoms. The van der Waals surface area contributed by atoms with Gasteiger partial charge in [-0.2, -0.15) is 5.10 Å². The Labute approximate surface area is 160 Å². The Balaban J connectivity index is 1.62. The largest absolute Gasteiger partial charge is 0.389 e. The predicted octanol–water partition coefficient (Wildman–Crippen LogP) is 1.87. The summed E-state index contributed by atoms with van der Waals surface area (Å²) in [6, 6.07) is 4.98. The van der Waals surface area contributed by atoms with Gasteiger partial charge in [-0.15, -0.1) is 0 Å². The molecule has 0 amide bonds. The average Bonchev–Trinajstić information content (AvgIpc) is 3.02. The first-order chi connectivity index (χ1) is 12.9. The molecule has 0 bridgehead atoms. The number of aromatic nitrogens is 4. The Morgan fingerprint density at radius 2 is 2.19 bits per heavy atom. The van der Waals surface area contributed by atoms with Gasteiger partial charge in [0.2, 0.25) is 0 Å². The molecule has 9 heteroatoms. The topological polar surface area (TPSA) is 97.3 Å². The molecule has 0 aliphatic carbocycles. The van der Waals surface area contributed by atoms with Crippen LogP contribution in [0.1, 0.15) is 18.2 Å². The smallest absolute Gasteiger partial charge is 0.269 e. The maximum atomic E-state index is 12.5. The zero-order valence-corrected chi connectivity index (χ0v) is 15.6. The molecule has 1 N–H and O–H groups in total. The highest BCUT2D eigenvalue weighted by Crippen LogP contribution is 2.27. The lowest BCUT2D eigenvalue weighted by Gasteiger charge is -2.44. The van der Waals surface area contributed by atoms with E-state index in [4.69, 9.17) is 16.1 Å². The highest BCUT2D eigenvalue weighted by atomic mass is 35.5. The fraction of sp³-hybridized carbons (Fsp3) is 0.333. The van der Waals surface area contributed by atoms with Gasteiger partial charge in [-0.05, 0) is 26.0 Å². The Kier molecular flexibility index (Phi) is 4.45. The van der Waals surface area contributed by atoms with E-state index < -0.39 is 0 Å². The Morgan fingerprint density at radius 3 is 2.81 bits per heavy atom. The summed E-state index contributed by atoms with van der Waals surface area (Å²) in [5, 5.41) is 18.4. The number of nitrogens with zero attached hydrogens (tertiary/aromatic N) is 5. The molecule has 0 radical (unpaired) electrons. The highest BCUT2D eigenvalue weighted by Gasteiger charge is 2.34. The van der Waals surface area contributed by atoms with Gasteiger partial charge in [-0.1, -0.05) is 16.8 Å². The van der Waals surface area contributed by atoms with Crippen molar-refractivity contribution in [3.8, 4) is 11.3 Å². The lowest BCUT2D eigenvalue weighted by molar-refractivity contribution is 0.0993. The molecule has 1 aliphatic heterocycles. The van der Waals surface area contributed by atoms with Gasteiger partial charge < -0.3 is 14.5 Å². The van der Waals surface area contributed by atoms with Gasteiger partial charge in [-0.25, -0.2) is 9.67 Å². The van der Waals surface area contributed by atoms with Crippen LogP contribution in [0.25, 0.3) is 11.3 Å². The number of rotatable bonds is 4. The number of aliphatic hydroxyl groups excluding tert-OH is 1. The molecule has 4 heterocycles. The molecule has 3 aromatic rings. The Morgan fingerprint density at radius 1 is 1.37 bits per heavy atom. The third-order valence-electron chi connectivity index (χ3n) is 4.91. The summed E-state index contributed by atoms with van der Waals surface area (Å²) in [6.45, 7) is 4.43. The molecular formula is C18H18ClN5O3. The Bertz CT molecular complexity index is 1030. The van der Waals surface area contributed by atoms with Gasteiger partial charge in [0.25, 0.3) is 5.56 Å². The standard InChI is InChI=1S/C18H18ClN5O3/c1-10-15(25)9-23(10)13-5-17(26)24(21-7-13)8-14-11(2)27-22-18(14)12-3-4-16(19)20-6-12/h3-7,10,15,25H,8-9H2,1-2H3/t10-,15-/m0/s1. The second-order valence-corrected chi connectivity index (χ2v) is 6.99. The van der Waals surface area contributed by atoms with Crippen LogP contribution in [0.2, 0.25) is 5.15 Å². The molecule has 8 nitrogen and oxygen atoms in total.